The lowest BCUT2D eigenvalue weighted by Crippen LogP contribution is -2.22. The molecule has 0 saturated heterocycles. The van der Waals surface area contributed by atoms with Crippen LogP contribution in [-0.2, 0) is 0 Å². The summed E-state index contributed by atoms with van der Waals surface area (Å²) in [5.41, 5.74) is 3.80. The molecule has 0 radical (unpaired) electrons. The van der Waals surface area contributed by atoms with Gasteiger partial charge in [0.15, 0.2) is 0 Å². The fourth-order valence-corrected chi connectivity index (χ4v) is 3.40. The molecule has 0 aliphatic carbocycles. The van der Waals surface area contributed by atoms with E-state index in [-0.39, 0.29) is 5.56 Å². The molecule has 0 aliphatic heterocycles. The zero-order valence-corrected chi connectivity index (χ0v) is 17.5. The normalized spacial score (nSPS) is 11.8. The SMILES string of the molecule is CCC(C)COc1ccc(-c2ccc(-c3ccccc3C(=O)[O-])cc2)cc1Br. The highest BCUT2D eigenvalue weighted by molar-refractivity contribution is 9.10. The summed E-state index contributed by atoms with van der Waals surface area (Å²) >= 11 is 3.60. The van der Waals surface area contributed by atoms with E-state index >= 15 is 0 Å². The number of aromatic carboxylic acids is 1. The van der Waals surface area contributed by atoms with E-state index in [1.54, 1.807) is 18.2 Å². The topological polar surface area (TPSA) is 49.4 Å². The van der Waals surface area contributed by atoms with Crippen LogP contribution in [0.25, 0.3) is 22.3 Å². The van der Waals surface area contributed by atoms with Gasteiger partial charge in [-0.2, -0.15) is 0 Å². The van der Waals surface area contributed by atoms with E-state index in [0.717, 1.165) is 33.3 Å². The van der Waals surface area contributed by atoms with E-state index in [0.29, 0.717) is 18.1 Å². The Hall–Kier alpha value is -2.59. The molecule has 28 heavy (non-hydrogen) atoms. The molecule has 4 heteroatoms. The minimum atomic E-state index is -1.17. The molecule has 1 atom stereocenters. The first-order valence-electron chi connectivity index (χ1n) is 9.33. The number of carbonyl (C=O) groups excluding carboxylic acids is 1. The first-order valence-corrected chi connectivity index (χ1v) is 10.1. The fraction of sp³-hybridized carbons (Fsp3) is 0.208. The van der Waals surface area contributed by atoms with Crippen LogP contribution in [0.3, 0.4) is 0 Å². The number of carboxylic acids is 1. The lowest BCUT2D eigenvalue weighted by molar-refractivity contribution is -0.254. The van der Waals surface area contributed by atoms with E-state index in [9.17, 15) is 9.90 Å². The largest absolute Gasteiger partial charge is 0.545 e. The van der Waals surface area contributed by atoms with Gasteiger partial charge in [-0.15, -0.1) is 0 Å². The number of carboxylic acid groups (broad SMARTS) is 1. The number of rotatable bonds is 7. The van der Waals surface area contributed by atoms with Crippen molar-refractivity contribution >= 4 is 21.9 Å². The van der Waals surface area contributed by atoms with Crippen molar-refractivity contribution in [3.8, 4) is 28.0 Å². The van der Waals surface area contributed by atoms with Gasteiger partial charge in [0.25, 0.3) is 0 Å². The van der Waals surface area contributed by atoms with Crippen LogP contribution in [0.1, 0.15) is 30.6 Å². The summed E-state index contributed by atoms with van der Waals surface area (Å²) in [7, 11) is 0. The Bertz CT molecular complexity index is 964. The maximum atomic E-state index is 11.3. The Balaban J connectivity index is 1.82. The first kappa shape index (κ1) is 20.2. The molecule has 3 aromatic carbocycles. The van der Waals surface area contributed by atoms with Gasteiger partial charge in [-0.25, -0.2) is 0 Å². The third-order valence-electron chi connectivity index (χ3n) is 4.83. The highest BCUT2D eigenvalue weighted by Gasteiger charge is 2.09. The van der Waals surface area contributed by atoms with E-state index in [1.165, 1.54) is 0 Å². The molecule has 0 heterocycles. The van der Waals surface area contributed by atoms with Crippen molar-refractivity contribution in [1.29, 1.82) is 0 Å². The lowest BCUT2D eigenvalue weighted by Gasteiger charge is -2.14. The molecule has 1 unspecified atom stereocenters. The number of ether oxygens (including phenoxy) is 1. The van der Waals surface area contributed by atoms with Crippen LogP contribution >= 0.6 is 15.9 Å². The van der Waals surface area contributed by atoms with Crippen molar-refractivity contribution in [3.05, 3.63) is 76.8 Å². The van der Waals surface area contributed by atoms with Gasteiger partial charge in [-0.1, -0.05) is 74.9 Å². The van der Waals surface area contributed by atoms with Gasteiger partial charge in [-0.3, -0.25) is 0 Å². The monoisotopic (exact) mass is 437 g/mol. The standard InChI is InChI=1S/C24H23BrO3/c1-3-16(2)15-28-23-13-12-19(14-22(23)25)17-8-10-18(11-9-17)20-6-4-5-7-21(20)24(26)27/h4-14,16H,3,15H2,1-2H3,(H,26,27)/p-1. The van der Waals surface area contributed by atoms with Crippen molar-refractivity contribution in [1.82, 2.24) is 0 Å². The number of carbonyl (C=O) groups is 1. The molecule has 0 saturated carbocycles. The predicted molar refractivity (Wildman–Crippen MR) is 114 cm³/mol. The lowest BCUT2D eigenvalue weighted by atomic mass is 9.97. The number of benzene rings is 3. The molecular weight excluding hydrogens is 416 g/mol. The van der Waals surface area contributed by atoms with Gasteiger partial charge >= 0.3 is 0 Å². The third kappa shape index (κ3) is 4.63. The van der Waals surface area contributed by atoms with Crippen molar-refractivity contribution in [2.24, 2.45) is 5.92 Å². The van der Waals surface area contributed by atoms with Crippen molar-refractivity contribution < 1.29 is 14.6 Å². The molecule has 0 spiro atoms. The molecule has 0 fully saturated rings. The highest BCUT2D eigenvalue weighted by Crippen LogP contribution is 2.32. The predicted octanol–water partition coefficient (Wildman–Crippen LogP) is 5.57. The number of hydrogen-bond donors (Lipinski definition) is 0. The molecule has 0 aliphatic rings. The van der Waals surface area contributed by atoms with Crippen LogP contribution in [0, 0.1) is 5.92 Å². The molecule has 0 amide bonds. The van der Waals surface area contributed by atoms with Crippen LogP contribution in [-0.4, -0.2) is 12.6 Å². The fourth-order valence-electron chi connectivity index (χ4n) is 2.90. The zero-order valence-electron chi connectivity index (χ0n) is 15.9. The van der Waals surface area contributed by atoms with E-state index in [1.807, 2.05) is 48.5 Å². The summed E-state index contributed by atoms with van der Waals surface area (Å²) in [5.74, 6) is 0.183. The molecule has 3 nitrogen and oxygen atoms in total. The molecule has 0 N–H and O–H groups in total. The Morgan fingerprint density at radius 1 is 1.00 bits per heavy atom. The van der Waals surface area contributed by atoms with Crippen LogP contribution in [0.4, 0.5) is 0 Å². The molecule has 3 aromatic rings. The Labute approximate surface area is 174 Å². The van der Waals surface area contributed by atoms with Crippen LogP contribution in [0.5, 0.6) is 5.75 Å². The van der Waals surface area contributed by atoms with Gasteiger partial charge in [0.05, 0.1) is 17.0 Å². The average Bonchev–Trinajstić information content (AvgIpc) is 2.72. The minimum Gasteiger partial charge on any atom is -0.545 e. The Morgan fingerprint density at radius 3 is 2.29 bits per heavy atom. The summed E-state index contributed by atoms with van der Waals surface area (Å²) in [6, 6.07) is 20.8. The second kappa shape index (κ2) is 9.07. The van der Waals surface area contributed by atoms with E-state index in [4.69, 9.17) is 4.74 Å². The van der Waals surface area contributed by atoms with Gasteiger partial charge in [0.2, 0.25) is 0 Å². The molecule has 3 rings (SSSR count). The minimum absolute atomic E-state index is 0.195. The van der Waals surface area contributed by atoms with E-state index in [2.05, 4.69) is 29.8 Å². The number of hydrogen-bond acceptors (Lipinski definition) is 3. The maximum absolute atomic E-state index is 11.3. The first-order chi connectivity index (χ1) is 13.5. The van der Waals surface area contributed by atoms with Gasteiger partial charge < -0.3 is 14.6 Å². The second-order valence-electron chi connectivity index (χ2n) is 6.88. The smallest absolute Gasteiger partial charge is 0.133 e. The van der Waals surface area contributed by atoms with Crippen LogP contribution in [0.2, 0.25) is 0 Å². The average molecular weight is 438 g/mol. The molecule has 144 valence electrons. The van der Waals surface area contributed by atoms with E-state index < -0.39 is 5.97 Å². The van der Waals surface area contributed by atoms with Crippen LogP contribution < -0.4 is 9.84 Å². The van der Waals surface area contributed by atoms with Crippen molar-refractivity contribution in [2.75, 3.05) is 6.61 Å². The zero-order chi connectivity index (χ0) is 20.1. The summed E-state index contributed by atoms with van der Waals surface area (Å²) in [5, 5.41) is 11.3. The van der Waals surface area contributed by atoms with Crippen LogP contribution in [0.15, 0.2) is 71.2 Å². The Kier molecular flexibility index (Phi) is 6.53. The van der Waals surface area contributed by atoms with Crippen molar-refractivity contribution in [2.45, 2.75) is 20.3 Å². The third-order valence-corrected chi connectivity index (χ3v) is 5.45. The van der Waals surface area contributed by atoms with Gasteiger partial charge in [0, 0.05) is 5.56 Å². The van der Waals surface area contributed by atoms with Gasteiger partial charge in [0.1, 0.15) is 5.75 Å². The summed E-state index contributed by atoms with van der Waals surface area (Å²) in [6.07, 6.45) is 1.09. The quantitative estimate of drug-likeness (QED) is 0.485. The molecular formula is C24H22BrO3-. The molecule has 0 bridgehead atoms. The summed E-state index contributed by atoms with van der Waals surface area (Å²) in [6.45, 7) is 5.02. The van der Waals surface area contributed by atoms with Crippen molar-refractivity contribution in [3.63, 3.8) is 0 Å². The Morgan fingerprint density at radius 2 is 1.64 bits per heavy atom. The second-order valence-corrected chi connectivity index (χ2v) is 7.73. The highest BCUT2D eigenvalue weighted by atomic mass is 79.9. The van der Waals surface area contributed by atoms with Gasteiger partial charge in [-0.05, 0) is 56.2 Å². The maximum Gasteiger partial charge on any atom is 0.133 e. The number of halogens is 1. The molecule has 0 aromatic heterocycles. The summed E-state index contributed by atoms with van der Waals surface area (Å²) in [4.78, 5) is 11.3. The summed E-state index contributed by atoms with van der Waals surface area (Å²) < 4.78 is 6.80.